The second-order valence-corrected chi connectivity index (χ2v) is 7.49. The lowest BCUT2D eigenvalue weighted by atomic mass is 10.2. The Hall–Kier alpha value is -2.52. The summed E-state index contributed by atoms with van der Waals surface area (Å²) in [6, 6.07) is 8.83. The quantitative estimate of drug-likeness (QED) is 0.596. The lowest BCUT2D eigenvalue weighted by Crippen LogP contribution is -2.39. The molecule has 2 rings (SSSR count). The number of amides is 1. The van der Waals surface area contributed by atoms with E-state index in [1.54, 1.807) is 0 Å². The number of halogens is 3. The van der Waals surface area contributed by atoms with Gasteiger partial charge in [-0.05, 0) is 30.3 Å². The van der Waals surface area contributed by atoms with E-state index in [4.69, 9.17) is 11.6 Å². The van der Waals surface area contributed by atoms with E-state index >= 15 is 0 Å². The lowest BCUT2D eigenvalue weighted by Gasteiger charge is -2.21. The minimum atomic E-state index is -3.85. The maximum absolute atomic E-state index is 13.6. The molecule has 0 aliphatic heterocycles. The average molecular weight is 402 g/mol. The highest BCUT2D eigenvalue weighted by Gasteiger charge is 2.21. The molecule has 1 N–H and O–H groups in total. The molecule has 0 aromatic heterocycles. The Labute approximate surface area is 154 Å². The number of nitrogens with zero attached hydrogens (tertiary/aromatic N) is 2. The summed E-state index contributed by atoms with van der Waals surface area (Å²) in [7, 11) is -3.85. The Morgan fingerprint density at radius 1 is 1.27 bits per heavy atom. The molecule has 10 heteroatoms. The molecule has 0 atom stereocenters. The van der Waals surface area contributed by atoms with E-state index in [0.717, 1.165) is 28.9 Å². The number of sulfonamides is 1. The van der Waals surface area contributed by atoms with Crippen LogP contribution in [-0.4, -0.2) is 33.3 Å². The van der Waals surface area contributed by atoms with Crippen LogP contribution in [0.2, 0.25) is 5.02 Å². The minimum absolute atomic E-state index is 0.0104. The van der Waals surface area contributed by atoms with E-state index < -0.39 is 34.1 Å². The Morgan fingerprint density at radius 3 is 2.58 bits per heavy atom. The Kier molecular flexibility index (Phi) is 6.27. The summed E-state index contributed by atoms with van der Waals surface area (Å²) in [5.74, 6) is -2.08. The predicted molar refractivity (Wildman–Crippen MR) is 95.7 cm³/mol. The van der Waals surface area contributed by atoms with Crippen molar-refractivity contribution in [1.29, 1.82) is 0 Å². The van der Waals surface area contributed by atoms with Gasteiger partial charge in [0.25, 0.3) is 5.91 Å². The number of rotatable bonds is 6. The molecule has 0 unspecified atom stereocenters. The van der Waals surface area contributed by atoms with Gasteiger partial charge in [0, 0.05) is 5.56 Å². The van der Waals surface area contributed by atoms with Gasteiger partial charge in [-0.1, -0.05) is 23.7 Å². The Bertz CT molecular complexity index is 931. The molecule has 0 bridgehead atoms. The molecular weight excluding hydrogens is 388 g/mol. The first kappa shape index (κ1) is 19.8. The third kappa shape index (κ3) is 5.24. The molecule has 2 aromatic rings. The third-order valence-corrected chi connectivity index (χ3v) is 4.64. The van der Waals surface area contributed by atoms with Crippen LogP contribution in [0.15, 0.2) is 47.6 Å². The second-order valence-electron chi connectivity index (χ2n) is 5.18. The molecule has 138 valence electrons. The SMILES string of the molecule is CS(=O)(=O)N(CC(=O)N/N=C\c1c(F)cccc1Cl)c1cccc(F)c1. The molecule has 0 saturated carbocycles. The highest BCUT2D eigenvalue weighted by molar-refractivity contribution is 7.92. The van der Waals surface area contributed by atoms with Crippen molar-refractivity contribution < 1.29 is 22.0 Å². The fourth-order valence-electron chi connectivity index (χ4n) is 2.00. The van der Waals surface area contributed by atoms with Gasteiger partial charge in [0.05, 0.1) is 23.2 Å². The standard InChI is InChI=1S/C16H14ClF2N3O3S/c1-26(24,25)22(12-5-2-4-11(18)8-12)10-16(23)21-20-9-13-14(17)6-3-7-15(13)19/h2-9H,10H2,1H3,(H,21,23)/b20-9-. The highest BCUT2D eigenvalue weighted by atomic mass is 35.5. The molecule has 0 aliphatic rings. The summed E-state index contributed by atoms with van der Waals surface area (Å²) >= 11 is 5.82. The molecule has 26 heavy (non-hydrogen) atoms. The maximum Gasteiger partial charge on any atom is 0.260 e. The van der Waals surface area contributed by atoms with Gasteiger partial charge in [-0.15, -0.1) is 0 Å². The minimum Gasteiger partial charge on any atom is -0.271 e. The number of hydrogen-bond donors (Lipinski definition) is 1. The zero-order valence-corrected chi connectivity index (χ0v) is 15.1. The van der Waals surface area contributed by atoms with Crippen LogP contribution in [0.4, 0.5) is 14.5 Å². The number of hydrogen-bond acceptors (Lipinski definition) is 4. The average Bonchev–Trinajstić information content (AvgIpc) is 2.54. The van der Waals surface area contributed by atoms with E-state index in [2.05, 4.69) is 10.5 Å². The number of benzene rings is 2. The normalized spacial score (nSPS) is 11.5. The van der Waals surface area contributed by atoms with Gasteiger partial charge >= 0.3 is 0 Å². The summed E-state index contributed by atoms with van der Waals surface area (Å²) in [6.07, 6.45) is 1.89. The third-order valence-electron chi connectivity index (χ3n) is 3.17. The van der Waals surface area contributed by atoms with Gasteiger partial charge in [-0.2, -0.15) is 5.10 Å². The predicted octanol–water partition coefficient (Wildman–Crippen LogP) is 2.53. The first-order chi connectivity index (χ1) is 12.2. The van der Waals surface area contributed by atoms with Gasteiger partial charge in [0.1, 0.15) is 18.2 Å². The summed E-state index contributed by atoms with van der Waals surface area (Å²) in [4.78, 5) is 12.0. The van der Waals surface area contributed by atoms with Crippen molar-refractivity contribution in [3.8, 4) is 0 Å². The number of nitrogens with one attached hydrogen (secondary N) is 1. The zero-order valence-electron chi connectivity index (χ0n) is 13.5. The smallest absolute Gasteiger partial charge is 0.260 e. The first-order valence-corrected chi connectivity index (χ1v) is 9.40. The van der Waals surface area contributed by atoms with Crippen molar-refractivity contribution in [3.05, 3.63) is 64.7 Å². The summed E-state index contributed by atoms with van der Waals surface area (Å²) in [5.41, 5.74) is 2.04. The van der Waals surface area contributed by atoms with E-state index in [0.29, 0.717) is 0 Å². The van der Waals surface area contributed by atoms with Gasteiger partial charge < -0.3 is 0 Å². The molecular formula is C16H14ClF2N3O3S. The van der Waals surface area contributed by atoms with Crippen LogP contribution in [0.25, 0.3) is 0 Å². The lowest BCUT2D eigenvalue weighted by molar-refractivity contribution is -0.119. The van der Waals surface area contributed by atoms with Gasteiger partial charge in [-0.3, -0.25) is 9.10 Å². The topological polar surface area (TPSA) is 78.8 Å². The Morgan fingerprint density at radius 2 is 1.96 bits per heavy atom. The molecule has 2 aromatic carbocycles. The van der Waals surface area contributed by atoms with Crippen molar-refractivity contribution in [2.75, 3.05) is 17.1 Å². The van der Waals surface area contributed by atoms with Crippen molar-refractivity contribution in [3.63, 3.8) is 0 Å². The second kappa shape index (κ2) is 8.24. The van der Waals surface area contributed by atoms with Crippen molar-refractivity contribution in [2.45, 2.75) is 0 Å². The molecule has 0 radical (unpaired) electrons. The number of anilines is 1. The van der Waals surface area contributed by atoms with Crippen LogP contribution in [0, 0.1) is 11.6 Å². The van der Waals surface area contributed by atoms with Crippen molar-refractivity contribution >= 4 is 39.4 Å². The van der Waals surface area contributed by atoms with Crippen molar-refractivity contribution in [2.24, 2.45) is 5.10 Å². The monoisotopic (exact) mass is 401 g/mol. The summed E-state index contributed by atoms with van der Waals surface area (Å²) in [6.45, 7) is -0.634. The van der Waals surface area contributed by atoms with Crippen LogP contribution in [0.5, 0.6) is 0 Å². The van der Waals surface area contributed by atoms with Gasteiger partial charge in [-0.25, -0.2) is 22.6 Å². The number of carbonyl (C=O) groups is 1. The molecule has 0 aliphatic carbocycles. The number of hydrazone groups is 1. The van der Waals surface area contributed by atoms with E-state index in [1.165, 1.54) is 30.3 Å². The van der Waals surface area contributed by atoms with E-state index in [1.807, 2.05) is 0 Å². The zero-order chi connectivity index (χ0) is 19.3. The largest absolute Gasteiger partial charge is 0.271 e. The molecule has 0 saturated heterocycles. The van der Waals surface area contributed by atoms with Crippen LogP contribution < -0.4 is 9.73 Å². The summed E-state index contributed by atoms with van der Waals surface area (Å²) in [5, 5.41) is 3.66. The maximum atomic E-state index is 13.6. The number of carbonyl (C=O) groups excluding carboxylic acids is 1. The van der Waals surface area contributed by atoms with E-state index in [9.17, 15) is 22.0 Å². The summed E-state index contributed by atoms with van der Waals surface area (Å²) < 4.78 is 51.4. The molecule has 1 amide bonds. The fraction of sp³-hybridized carbons (Fsp3) is 0.125. The van der Waals surface area contributed by atoms with Crippen molar-refractivity contribution in [1.82, 2.24) is 5.43 Å². The molecule has 6 nitrogen and oxygen atoms in total. The fourth-order valence-corrected chi connectivity index (χ4v) is 3.06. The molecule has 0 spiro atoms. The molecule has 0 fully saturated rings. The van der Waals surface area contributed by atoms with E-state index in [-0.39, 0.29) is 16.3 Å². The van der Waals surface area contributed by atoms with Crippen LogP contribution in [0.1, 0.15) is 5.56 Å². The highest BCUT2D eigenvalue weighted by Crippen LogP contribution is 2.18. The first-order valence-electron chi connectivity index (χ1n) is 7.17. The van der Waals surface area contributed by atoms with Gasteiger partial charge in [0.2, 0.25) is 10.0 Å². The molecule has 0 heterocycles. The van der Waals surface area contributed by atoms with Crippen LogP contribution in [0.3, 0.4) is 0 Å². The van der Waals surface area contributed by atoms with Gasteiger partial charge in [0.15, 0.2) is 0 Å². The Balaban J connectivity index is 2.12. The van der Waals surface area contributed by atoms with Crippen LogP contribution >= 0.6 is 11.6 Å². The van der Waals surface area contributed by atoms with Crippen LogP contribution in [-0.2, 0) is 14.8 Å².